The van der Waals surface area contributed by atoms with Gasteiger partial charge < -0.3 is 16.2 Å². The molecule has 2 rings (SSSR count). The van der Waals surface area contributed by atoms with E-state index in [4.69, 9.17) is 16.2 Å². The highest BCUT2D eigenvalue weighted by molar-refractivity contribution is 6.84. The summed E-state index contributed by atoms with van der Waals surface area (Å²) in [4.78, 5) is 7.90. The maximum Gasteiger partial charge on any atom is 0.222 e. The molecule has 0 saturated carbocycles. The van der Waals surface area contributed by atoms with Crippen molar-refractivity contribution in [2.45, 2.75) is 39.3 Å². The van der Waals surface area contributed by atoms with Gasteiger partial charge in [-0.2, -0.15) is 4.98 Å². The van der Waals surface area contributed by atoms with Crippen LogP contribution in [0.5, 0.6) is 11.5 Å². The second-order valence-electron chi connectivity index (χ2n) is 8.29. The first kappa shape index (κ1) is 20.6. The van der Waals surface area contributed by atoms with Crippen molar-refractivity contribution in [2.24, 2.45) is 0 Å². The Balaban J connectivity index is 2.50. The molecule has 1 aromatic carbocycles. The average molecular weight is 395 g/mol. The van der Waals surface area contributed by atoms with Crippen LogP contribution >= 0.6 is 0 Å². The monoisotopic (exact) mass is 394 g/mol. The number of nitrogens with two attached hydrogens (primary N) is 2. The number of ether oxygens (including phenoxy) is 1. The summed E-state index contributed by atoms with van der Waals surface area (Å²) in [6, 6.07) is 5.79. The summed E-state index contributed by atoms with van der Waals surface area (Å²) >= 11 is 0. The third kappa shape index (κ3) is 6.82. The lowest BCUT2D eigenvalue weighted by molar-refractivity contribution is 0.479. The first-order chi connectivity index (χ1) is 12.4. The summed E-state index contributed by atoms with van der Waals surface area (Å²) in [7, 11) is -3.01. The van der Waals surface area contributed by atoms with Crippen LogP contribution in [-0.4, -0.2) is 26.1 Å². The zero-order valence-corrected chi connectivity index (χ0v) is 18.8. The van der Waals surface area contributed by atoms with Crippen LogP contribution in [0.2, 0.25) is 39.3 Å². The molecule has 0 aliphatic rings. The lowest BCUT2D eigenvalue weighted by Crippen LogP contribution is -2.16. The minimum absolute atomic E-state index is 0.105. The molecule has 0 radical (unpaired) electrons. The Kier molecular flexibility index (Phi) is 5.99. The summed E-state index contributed by atoms with van der Waals surface area (Å²) in [5.74, 6) is 7.71. The molecular formula is C20H26N4OSi2. The first-order valence-corrected chi connectivity index (χ1v) is 15.7. The lowest BCUT2D eigenvalue weighted by Gasteiger charge is -2.11. The van der Waals surface area contributed by atoms with Gasteiger partial charge >= 0.3 is 0 Å². The zero-order chi connectivity index (χ0) is 20.2. The molecule has 27 heavy (non-hydrogen) atoms. The van der Waals surface area contributed by atoms with Crippen molar-refractivity contribution >= 4 is 27.9 Å². The fraction of sp³-hybridized carbons (Fsp3) is 0.300. The van der Waals surface area contributed by atoms with E-state index in [2.05, 4.69) is 72.2 Å². The van der Waals surface area contributed by atoms with Gasteiger partial charge in [-0.1, -0.05) is 51.1 Å². The van der Waals surface area contributed by atoms with E-state index in [0.717, 1.165) is 11.1 Å². The normalized spacial score (nSPS) is 11.0. The highest BCUT2D eigenvalue weighted by Gasteiger charge is 2.12. The maximum absolute atomic E-state index is 5.98. The van der Waals surface area contributed by atoms with Crippen molar-refractivity contribution in [2.75, 3.05) is 11.5 Å². The number of anilines is 2. The molecule has 0 spiro atoms. The van der Waals surface area contributed by atoms with Crippen molar-refractivity contribution < 1.29 is 4.74 Å². The molecule has 0 amide bonds. The van der Waals surface area contributed by atoms with Crippen LogP contribution in [-0.2, 0) is 0 Å². The van der Waals surface area contributed by atoms with Gasteiger partial charge in [-0.15, -0.1) is 11.1 Å². The average Bonchev–Trinajstić information content (AvgIpc) is 2.53. The van der Waals surface area contributed by atoms with Crippen LogP contribution in [0.1, 0.15) is 11.1 Å². The van der Waals surface area contributed by atoms with Crippen molar-refractivity contribution in [3.63, 3.8) is 0 Å². The van der Waals surface area contributed by atoms with Crippen LogP contribution in [0, 0.1) is 22.9 Å². The van der Waals surface area contributed by atoms with Gasteiger partial charge in [0.2, 0.25) is 5.95 Å². The predicted molar refractivity (Wildman–Crippen MR) is 118 cm³/mol. The minimum Gasteiger partial charge on any atom is -0.450 e. The molecule has 0 fully saturated rings. The molecule has 2 aromatic rings. The molecule has 0 aliphatic heterocycles. The smallest absolute Gasteiger partial charge is 0.222 e. The second kappa shape index (κ2) is 7.87. The summed E-state index contributed by atoms with van der Waals surface area (Å²) < 4.78 is 5.98. The van der Waals surface area contributed by atoms with Crippen LogP contribution in [0.3, 0.4) is 0 Å². The Bertz CT molecular complexity index is 968. The van der Waals surface area contributed by atoms with Crippen LogP contribution in [0.15, 0.2) is 24.4 Å². The van der Waals surface area contributed by atoms with E-state index < -0.39 is 16.1 Å². The summed E-state index contributed by atoms with van der Waals surface area (Å²) in [5.41, 5.74) is 19.9. The Labute approximate surface area is 163 Å². The quantitative estimate of drug-likeness (QED) is 0.596. The number of nitrogens with zero attached hydrogens (tertiary/aromatic N) is 2. The summed E-state index contributed by atoms with van der Waals surface area (Å²) in [5, 5.41) is 0. The SMILES string of the molecule is C[Si](C)(C)C#Cc1ccc(C#C[Si](C)(C)C)c(Oc2cnc(N)nc2N)c1. The molecule has 4 N–H and O–H groups in total. The highest BCUT2D eigenvalue weighted by Crippen LogP contribution is 2.29. The Hall–Kier alpha value is -2.75. The van der Waals surface area contributed by atoms with Gasteiger partial charge in [0.1, 0.15) is 21.9 Å². The van der Waals surface area contributed by atoms with E-state index in [1.54, 1.807) is 0 Å². The van der Waals surface area contributed by atoms with Crippen molar-refractivity contribution in [3.8, 4) is 34.4 Å². The number of hydrogen-bond acceptors (Lipinski definition) is 5. The zero-order valence-electron chi connectivity index (χ0n) is 16.8. The van der Waals surface area contributed by atoms with Crippen LogP contribution < -0.4 is 16.2 Å². The topological polar surface area (TPSA) is 87.0 Å². The van der Waals surface area contributed by atoms with Crippen LogP contribution in [0.25, 0.3) is 0 Å². The molecule has 0 saturated heterocycles. The lowest BCUT2D eigenvalue weighted by atomic mass is 10.1. The third-order valence-electron chi connectivity index (χ3n) is 3.16. The maximum atomic E-state index is 5.98. The largest absolute Gasteiger partial charge is 0.450 e. The highest BCUT2D eigenvalue weighted by atomic mass is 28.3. The number of rotatable bonds is 2. The van der Waals surface area contributed by atoms with Gasteiger partial charge in [-0.05, 0) is 18.2 Å². The molecule has 0 atom stereocenters. The molecule has 5 nitrogen and oxygen atoms in total. The standard InChI is InChI=1S/C20H26N4OSi2/c1-26(2,3)11-9-15-7-8-16(10-12-27(4,5)6)17(13-15)25-18-14-23-20(22)24-19(18)21/h7-8,13-14H,1-6H3,(H4,21,22,23,24). The van der Waals surface area contributed by atoms with Crippen LogP contribution in [0.4, 0.5) is 11.8 Å². The van der Waals surface area contributed by atoms with E-state index in [0.29, 0.717) is 11.5 Å². The van der Waals surface area contributed by atoms with E-state index in [9.17, 15) is 0 Å². The van der Waals surface area contributed by atoms with Crippen molar-refractivity contribution in [3.05, 3.63) is 35.5 Å². The number of benzene rings is 1. The predicted octanol–water partition coefficient (Wildman–Crippen LogP) is 3.89. The van der Waals surface area contributed by atoms with Gasteiger partial charge in [0, 0.05) is 5.56 Å². The van der Waals surface area contributed by atoms with E-state index >= 15 is 0 Å². The molecule has 140 valence electrons. The minimum atomic E-state index is -1.53. The van der Waals surface area contributed by atoms with Gasteiger partial charge in [-0.25, -0.2) is 4.98 Å². The fourth-order valence-corrected chi connectivity index (χ4v) is 2.93. The number of hydrogen-bond donors (Lipinski definition) is 2. The Morgan fingerprint density at radius 2 is 1.52 bits per heavy atom. The number of nitrogen functional groups attached to an aromatic ring is 2. The van der Waals surface area contributed by atoms with Crippen molar-refractivity contribution in [1.82, 2.24) is 9.97 Å². The molecule has 0 aliphatic carbocycles. The van der Waals surface area contributed by atoms with E-state index in [1.807, 2.05) is 18.2 Å². The van der Waals surface area contributed by atoms with E-state index in [-0.39, 0.29) is 11.8 Å². The van der Waals surface area contributed by atoms with Gasteiger partial charge in [0.05, 0.1) is 11.8 Å². The molecule has 1 aromatic heterocycles. The van der Waals surface area contributed by atoms with Gasteiger partial charge in [-0.3, -0.25) is 0 Å². The van der Waals surface area contributed by atoms with Crippen molar-refractivity contribution in [1.29, 1.82) is 0 Å². The first-order valence-electron chi connectivity index (χ1n) is 8.69. The molecule has 0 unspecified atom stereocenters. The summed E-state index contributed by atoms with van der Waals surface area (Å²) in [6.07, 6.45) is 1.47. The fourth-order valence-electron chi connectivity index (χ4n) is 1.90. The molecule has 1 heterocycles. The Morgan fingerprint density at radius 3 is 2.11 bits per heavy atom. The van der Waals surface area contributed by atoms with Gasteiger partial charge in [0.15, 0.2) is 11.6 Å². The molecule has 7 heteroatoms. The molecular weight excluding hydrogens is 368 g/mol. The second-order valence-corrected chi connectivity index (χ2v) is 17.8. The number of aromatic nitrogens is 2. The molecule has 0 bridgehead atoms. The Morgan fingerprint density at radius 1 is 0.889 bits per heavy atom. The summed E-state index contributed by atoms with van der Waals surface area (Å²) in [6.45, 7) is 13.2. The van der Waals surface area contributed by atoms with E-state index in [1.165, 1.54) is 6.20 Å². The third-order valence-corrected chi connectivity index (χ3v) is 4.91. The van der Waals surface area contributed by atoms with Gasteiger partial charge in [0.25, 0.3) is 0 Å².